The molecule has 0 fully saturated rings. The van der Waals surface area contributed by atoms with Crippen molar-refractivity contribution in [3.05, 3.63) is 58.9 Å². The van der Waals surface area contributed by atoms with Crippen LogP contribution in [0.5, 0.6) is 0 Å². The zero-order valence-corrected chi connectivity index (χ0v) is 13.8. The molecule has 1 heterocycles. The van der Waals surface area contributed by atoms with E-state index in [2.05, 4.69) is 10.3 Å². The molecule has 1 N–H and O–H groups in total. The van der Waals surface area contributed by atoms with E-state index in [1.807, 2.05) is 25.1 Å². The summed E-state index contributed by atoms with van der Waals surface area (Å²) in [5.41, 5.74) is 2.28. The van der Waals surface area contributed by atoms with Crippen molar-refractivity contribution in [1.82, 2.24) is 10.3 Å². The maximum absolute atomic E-state index is 12.1. The summed E-state index contributed by atoms with van der Waals surface area (Å²) < 4.78 is 0. The number of carbonyl (C=O) groups is 2. The molecule has 0 saturated carbocycles. The third-order valence-corrected chi connectivity index (χ3v) is 3.56. The summed E-state index contributed by atoms with van der Waals surface area (Å²) >= 11 is 5.93. The molecule has 0 aliphatic rings. The molecule has 0 bridgehead atoms. The topological polar surface area (TPSA) is 62.3 Å². The van der Waals surface area contributed by atoms with Crippen molar-refractivity contribution in [2.24, 2.45) is 0 Å². The summed E-state index contributed by atoms with van der Waals surface area (Å²) in [6.07, 6.45) is 1.67. The Morgan fingerprint density at radius 1 is 1.26 bits per heavy atom. The van der Waals surface area contributed by atoms with Crippen LogP contribution in [0.1, 0.15) is 18.2 Å². The summed E-state index contributed by atoms with van der Waals surface area (Å²) in [7, 11) is 0. The Balaban J connectivity index is 2.04. The van der Waals surface area contributed by atoms with Gasteiger partial charge in [0.05, 0.1) is 12.2 Å². The van der Waals surface area contributed by atoms with E-state index >= 15 is 0 Å². The number of aryl methyl sites for hydroxylation is 1. The quantitative estimate of drug-likeness (QED) is 0.916. The van der Waals surface area contributed by atoms with Crippen LogP contribution >= 0.6 is 11.6 Å². The first-order valence-corrected chi connectivity index (χ1v) is 7.56. The van der Waals surface area contributed by atoms with Gasteiger partial charge in [-0.3, -0.25) is 14.6 Å². The Kier molecular flexibility index (Phi) is 5.71. The zero-order valence-electron chi connectivity index (χ0n) is 13.0. The van der Waals surface area contributed by atoms with Crippen LogP contribution in [0.3, 0.4) is 0 Å². The molecular formula is C17H18ClN3O2. The van der Waals surface area contributed by atoms with Crippen molar-refractivity contribution in [2.45, 2.75) is 20.4 Å². The summed E-state index contributed by atoms with van der Waals surface area (Å²) in [5, 5.41) is 3.36. The van der Waals surface area contributed by atoms with Crippen molar-refractivity contribution in [3.63, 3.8) is 0 Å². The molecule has 2 rings (SSSR count). The Hall–Kier alpha value is -2.40. The number of nitrogens with one attached hydrogen (secondary N) is 1. The van der Waals surface area contributed by atoms with Gasteiger partial charge in [0.25, 0.3) is 0 Å². The molecule has 2 amide bonds. The SMILES string of the molecule is CC(=O)N(CC(=O)NCc1ccccn1)c1ccc(Cl)cc1C. The number of carbonyl (C=O) groups excluding carboxylic acids is 2. The number of amides is 2. The van der Waals surface area contributed by atoms with E-state index in [1.54, 1.807) is 24.4 Å². The number of nitrogens with zero attached hydrogens (tertiary/aromatic N) is 2. The highest BCUT2D eigenvalue weighted by atomic mass is 35.5. The number of aromatic nitrogens is 1. The van der Waals surface area contributed by atoms with Crippen LogP contribution in [-0.4, -0.2) is 23.3 Å². The van der Waals surface area contributed by atoms with Gasteiger partial charge < -0.3 is 10.2 Å². The zero-order chi connectivity index (χ0) is 16.8. The van der Waals surface area contributed by atoms with E-state index in [0.717, 1.165) is 11.3 Å². The standard InChI is InChI=1S/C17H18ClN3O2/c1-12-9-14(18)6-7-16(12)21(13(2)22)11-17(23)20-10-15-5-3-4-8-19-15/h3-9H,10-11H2,1-2H3,(H,20,23). The minimum atomic E-state index is -0.250. The first-order chi connectivity index (χ1) is 11.0. The number of hydrogen-bond acceptors (Lipinski definition) is 3. The first-order valence-electron chi connectivity index (χ1n) is 7.18. The number of benzene rings is 1. The van der Waals surface area contributed by atoms with Gasteiger partial charge in [0.2, 0.25) is 11.8 Å². The number of halogens is 1. The van der Waals surface area contributed by atoms with Crippen molar-refractivity contribution < 1.29 is 9.59 Å². The van der Waals surface area contributed by atoms with Gasteiger partial charge in [0, 0.05) is 23.8 Å². The Morgan fingerprint density at radius 2 is 2.04 bits per heavy atom. The second kappa shape index (κ2) is 7.74. The second-order valence-corrected chi connectivity index (χ2v) is 5.57. The molecule has 6 heteroatoms. The third-order valence-electron chi connectivity index (χ3n) is 3.32. The lowest BCUT2D eigenvalue weighted by Crippen LogP contribution is -2.40. The minimum absolute atomic E-state index is 0.0510. The minimum Gasteiger partial charge on any atom is -0.349 e. The molecule has 120 valence electrons. The van der Waals surface area contributed by atoms with Gasteiger partial charge in [0.15, 0.2) is 0 Å². The normalized spacial score (nSPS) is 10.2. The number of hydrogen-bond donors (Lipinski definition) is 1. The van der Waals surface area contributed by atoms with Crippen molar-refractivity contribution in [2.75, 3.05) is 11.4 Å². The predicted molar refractivity (Wildman–Crippen MR) is 90.3 cm³/mol. The average Bonchev–Trinajstić information content (AvgIpc) is 2.52. The molecule has 0 spiro atoms. The molecule has 0 unspecified atom stereocenters. The molecule has 0 atom stereocenters. The van der Waals surface area contributed by atoms with Crippen LogP contribution in [0, 0.1) is 6.92 Å². The first kappa shape index (κ1) is 17.0. The van der Waals surface area contributed by atoms with E-state index in [4.69, 9.17) is 11.6 Å². The Morgan fingerprint density at radius 3 is 2.65 bits per heavy atom. The van der Waals surface area contributed by atoms with Gasteiger partial charge in [-0.2, -0.15) is 0 Å². The molecule has 1 aromatic heterocycles. The molecule has 0 aliphatic carbocycles. The van der Waals surface area contributed by atoms with E-state index in [0.29, 0.717) is 17.3 Å². The van der Waals surface area contributed by atoms with Gasteiger partial charge >= 0.3 is 0 Å². The fourth-order valence-corrected chi connectivity index (χ4v) is 2.41. The van der Waals surface area contributed by atoms with Crippen molar-refractivity contribution in [3.8, 4) is 0 Å². The number of anilines is 1. The molecule has 0 aliphatic heterocycles. The Bertz CT molecular complexity index is 704. The molecule has 5 nitrogen and oxygen atoms in total. The van der Waals surface area contributed by atoms with Crippen LogP contribution < -0.4 is 10.2 Å². The van der Waals surface area contributed by atoms with Gasteiger partial charge in [0.1, 0.15) is 6.54 Å². The maximum Gasteiger partial charge on any atom is 0.240 e. The lowest BCUT2D eigenvalue weighted by atomic mass is 10.1. The van der Waals surface area contributed by atoms with Crippen molar-refractivity contribution >= 4 is 29.1 Å². The summed E-state index contributed by atoms with van der Waals surface area (Å²) in [5.74, 6) is -0.455. The van der Waals surface area contributed by atoms with Gasteiger partial charge in [-0.05, 0) is 42.8 Å². The van der Waals surface area contributed by atoms with Crippen LogP contribution in [0.4, 0.5) is 5.69 Å². The lowest BCUT2D eigenvalue weighted by Gasteiger charge is -2.22. The molecule has 2 aromatic rings. The fraction of sp³-hybridized carbons (Fsp3) is 0.235. The Labute approximate surface area is 140 Å². The predicted octanol–water partition coefficient (Wildman–Crippen LogP) is 2.71. The fourth-order valence-electron chi connectivity index (χ4n) is 2.18. The molecule has 0 saturated heterocycles. The van der Waals surface area contributed by atoms with E-state index in [1.165, 1.54) is 11.8 Å². The highest BCUT2D eigenvalue weighted by molar-refractivity contribution is 6.30. The van der Waals surface area contributed by atoms with Crippen molar-refractivity contribution in [1.29, 1.82) is 0 Å². The van der Waals surface area contributed by atoms with Crippen LogP contribution in [0.25, 0.3) is 0 Å². The van der Waals surface area contributed by atoms with Gasteiger partial charge in [-0.15, -0.1) is 0 Å². The largest absolute Gasteiger partial charge is 0.349 e. The van der Waals surface area contributed by atoms with Gasteiger partial charge in [-0.1, -0.05) is 17.7 Å². The highest BCUT2D eigenvalue weighted by Crippen LogP contribution is 2.23. The smallest absolute Gasteiger partial charge is 0.240 e. The molecule has 1 aromatic carbocycles. The molecule has 23 heavy (non-hydrogen) atoms. The van der Waals surface area contributed by atoms with E-state index in [9.17, 15) is 9.59 Å². The summed E-state index contributed by atoms with van der Waals surface area (Å²) in [4.78, 5) is 29.6. The lowest BCUT2D eigenvalue weighted by molar-refractivity contribution is -0.123. The molecular weight excluding hydrogens is 314 g/mol. The monoisotopic (exact) mass is 331 g/mol. The number of rotatable bonds is 5. The van der Waals surface area contributed by atoms with E-state index < -0.39 is 0 Å². The highest BCUT2D eigenvalue weighted by Gasteiger charge is 2.17. The van der Waals surface area contributed by atoms with Gasteiger partial charge in [-0.25, -0.2) is 0 Å². The third kappa shape index (κ3) is 4.79. The van der Waals surface area contributed by atoms with Crippen LogP contribution in [0.2, 0.25) is 5.02 Å². The molecule has 0 radical (unpaired) electrons. The average molecular weight is 332 g/mol. The summed E-state index contributed by atoms with van der Waals surface area (Å²) in [6, 6.07) is 10.7. The van der Waals surface area contributed by atoms with Crippen LogP contribution in [0.15, 0.2) is 42.6 Å². The summed E-state index contributed by atoms with van der Waals surface area (Å²) in [6.45, 7) is 3.55. The van der Waals surface area contributed by atoms with Crippen LogP contribution in [-0.2, 0) is 16.1 Å². The maximum atomic E-state index is 12.1. The number of pyridine rings is 1. The van der Waals surface area contributed by atoms with E-state index in [-0.39, 0.29) is 18.4 Å². The second-order valence-electron chi connectivity index (χ2n) is 5.13.